The maximum Gasteiger partial charge on any atom is 0.408 e. The van der Waals surface area contributed by atoms with Crippen LogP contribution in [0.3, 0.4) is 0 Å². The van der Waals surface area contributed by atoms with Gasteiger partial charge in [-0.2, -0.15) is 5.26 Å². The number of carbonyl (C=O) groups is 3. The van der Waals surface area contributed by atoms with Crippen LogP contribution in [-0.4, -0.2) is 90.7 Å². The van der Waals surface area contributed by atoms with Crippen LogP contribution in [0.1, 0.15) is 86.0 Å². The predicted molar refractivity (Wildman–Crippen MR) is 198 cm³/mol. The van der Waals surface area contributed by atoms with Crippen LogP contribution in [0.5, 0.6) is 28.7 Å². The van der Waals surface area contributed by atoms with Gasteiger partial charge in [0.2, 0.25) is 12.7 Å². The molecule has 4 aliphatic rings. The van der Waals surface area contributed by atoms with E-state index in [2.05, 4.69) is 32.2 Å². The third kappa shape index (κ3) is 7.61. The number of nitrogens with one attached hydrogen (secondary N) is 5. The summed E-state index contributed by atoms with van der Waals surface area (Å²) in [6.45, 7) is 10.3. The van der Waals surface area contributed by atoms with E-state index in [-0.39, 0.29) is 43.9 Å². The summed E-state index contributed by atoms with van der Waals surface area (Å²) in [4.78, 5) is 41.7. The highest BCUT2D eigenvalue weighted by atomic mass is 16.7. The molecule has 1 saturated heterocycles. The van der Waals surface area contributed by atoms with Gasteiger partial charge < -0.3 is 55.8 Å². The van der Waals surface area contributed by atoms with E-state index in [4.69, 9.17) is 34.8 Å². The van der Waals surface area contributed by atoms with Crippen LogP contribution in [0.15, 0.2) is 6.07 Å². The highest BCUT2D eigenvalue weighted by Crippen LogP contribution is 2.56. The number of phenols is 1. The first-order chi connectivity index (χ1) is 26.0. The van der Waals surface area contributed by atoms with Crippen molar-refractivity contribution in [2.24, 2.45) is 5.73 Å². The van der Waals surface area contributed by atoms with Crippen molar-refractivity contribution in [1.29, 1.82) is 10.7 Å². The number of aryl methyl sites for hydroxylation is 1. The number of ether oxygens (including phenoxy) is 5. The Bertz CT molecular complexity index is 1940. The van der Waals surface area contributed by atoms with Gasteiger partial charge in [-0.15, -0.1) is 0 Å². The van der Waals surface area contributed by atoms with Gasteiger partial charge in [-0.3, -0.25) is 19.9 Å². The maximum absolute atomic E-state index is 14.1. The minimum absolute atomic E-state index is 0.0110. The number of carbonyl (C=O) groups excluding carboxylic acids is 3. The number of esters is 1. The van der Waals surface area contributed by atoms with Crippen molar-refractivity contribution < 1.29 is 43.2 Å². The number of nitrogens with zero attached hydrogens (tertiary/aromatic N) is 2. The number of nitrogens with two attached hydrogens (primary N) is 1. The van der Waals surface area contributed by atoms with Gasteiger partial charge >= 0.3 is 12.1 Å². The number of fused-ring (bicyclic) bond motifs is 9. The summed E-state index contributed by atoms with van der Waals surface area (Å²) in [6.07, 6.45) is 0.521. The molecule has 6 atom stereocenters. The molecule has 2 amide bonds. The lowest BCUT2D eigenvalue weighted by Crippen LogP contribution is -2.68. The molecule has 4 heterocycles. The van der Waals surface area contributed by atoms with Crippen LogP contribution in [0, 0.1) is 30.6 Å². The van der Waals surface area contributed by atoms with Gasteiger partial charge in [-0.1, -0.05) is 6.07 Å². The highest BCUT2D eigenvalue weighted by molar-refractivity contribution is 5.86. The molecule has 0 saturated carbocycles. The SMILES string of the molecule is COc1c(C)cc2c(c1O)[C@H]1N[C@H](C2)[C@H](C#N)N2C1Cc1c(OC(C)=O)c(C)c3c(c1[C@@H]2CNC(=O)[C@H](CCCNC(=N)N)NC(=O)OC(C)(C)C)OCO3. The summed E-state index contributed by atoms with van der Waals surface area (Å²) in [6, 6.07) is 0.709. The van der Waals surface area contributed by atoms with Crippen molar-refractivity contribution in [3.63, 3.8) is 0 Å². The quantitative estimate of drug-likeness (QED) is 0.0605. The lowest BCUT2D eigenvalue weighted by atomic mass is 9.72. The van der Waals surface area contributed by atoms with E-state index in [1.54, 1.807) is 27.7 Å². The van der Waals surface area contributed by atoms with Gasteiger partial charge in [0.1, 0.15) is 23.4 Å². The van der Waals surface area contributed by atoms with Gasteiger partial charge in [0, 0.05) is 54.4 Å². The fourth-order valence-electron chi connectivity index (χ4n) is 8.46. The first-order valence-electron chi connectivity index (χ1n) is 18.3. The molecule has 6 rings (SSSR count). The molecule has 17 nitrogen and oxygen atoms in total. The minimum atomic E-state index is -1.03. The smallest absolute Gasteiger partial charge is 0.408 e. The summed E-state index contributed by atoms with van der Waals surface area (Å²) in [7, 11) is 1.50. The second kappa shape index (κ2) is 15.3. The van der Waals surface area contributed by atoms with Crippen molar-refractivity contribution in [2.75, 3.05) is 27.0 Å². The lowest BCUT2D eigenvalue weighted by Gasteiger charge is -2.56. The summed E-state index contributed by atoms with van der Waals surface area (Å²) < 4.78 is 29.0. The van der Waals surface area contributed by atoms with Crippen molar-refractivity contribution >= 4 is 23.9 Å². The number of aromatic hydroxyl groups is 1. The first kappa shape index (κ1) is 39.2. The van der Waals surface area contributed by atoms with Crippen LogP contribution >= 0.6 is 0 Å². The molecule has 2 aromatic rings. The maximum atomic E-state index is 14.1. The Morgan fingerprint density at radius 2 is 1.89 bits per heavy atom. The number of guanidine groups is 1. The topological polar surface area (TPSA) is 243 Å². The van der Waals surface area contributed by atoms with Gasteiger partial charge in [-0.05, 0) is 71.4 Å². The molecular weight excluding hydrogens is 712 g/mol. The standard InChI is InChI=1S/C38H50N8O9/c1-17-11-20-12-23-25(14-39)46-24(29(44-23)27(20)30(48)31(17)51-7)13-21-28(34-33(52-16-53-34)18(2)32(21)54-19(3)47)26(46)15-43-35(49)22(9-8-10-42-36(40)41)45-37(50)55-38(4,5)6/h11,22-26,29,44,48H,8-10,12-13,15-16H2,1-7H3,(H,43,49)(H,45,50)(H4,40,41,42)/t22-,23+,24?,25-,26-,29-/m0/s1. The number of alkyl carbamates (subject to hydrolysis) is 1. The van der Waals surface area contributed by atoms with E-state index < -0.39 is 53.8 Å². The predicted octanol–water partition coefficient (Wildman–Crippen LogP) is 2.37. The number of phenolic OH excluding ortho intramolecular Hbond substituents is 1. The molecule has 55 heavy (non-hydrogen) atoms. The molecule has 2 bridgehead atoms. The third-order valence-electron chi connectivity index (χ3n) is 10.5. The van der Waals surface area contributed by atoms with Gasteiger partial charge in [0.25, 0.3) is 0 Å². The molecule has 0 spiro atoms. The summed E-state index contributed by atoms with van der Waals surface area (Å²) >= 11 is 0. The zero-order valence-electron chi connectivity index (χ0n) is 32.2. The zero-order valence-corrected chi connectivity index (χ0v) is 32.2. The molecule has 0 aromatic heterocycles. The van der Waals surface area contributed by atoms with Crippen molar-refractivity contribution in [1.82, 2.24) is 26.2 Å². The van der Waals surface area contributed by atoms with Gasteiger partial charge in [0.15, 0.2) is 29.0 Å². The van der Waals surface area contributed by atoms with Crippen molar-refractivity contribution in [3.8, 4) is 34.8 Å². The lowest BCUT2D eigenvalue weighted by molar-refractivity contribution is -0.132. The highest BCUT2D eigenvalue weighted by Gasteiger charge is 2.54. The molecule has 17 heteroatoms. The summed E-state index contributed by atoms with van der Waals surface area (Å²) in [5, 5.41) is 42.1. The molecule has 1 fully saturated rings. The summed E-state index contributed by atoms with van der Waals surface area (Å²) in [5.41, 5.74) is 8.79. The fraction of sp³-hybridized carbons (Fsp3) is 0.553. The van der Waals surface area contributed by atoms with E-state index in [9.17, 15) is 24.8 Å². The Morgan fingerprint density at radius 3 is 2.55 bits per heavy atom. The Morgan fingerprint density at radius 1 is 1.16 bits per heavy atom. The molecular formula is C38H50N8O9. The number of piperazine rings is 1. The van der Waals surface area contributed by atoms with Crippen molar-refractivity contribution in [3.05, 3.63) is 39.4 Å². The Balaban J connectivity index is 1.44. The van der Waals surface area contributed by atoms with Crippen LogP contribution in [0.25, 0.3) is 0 Å². The number of benzene rings is 2. The molecule has 1 unspecified atom stereocenters. The number of methoxy groups -OCH3 is 1. The number of amides is 2. The molecule has 8 N–H and O–H groups in total. The van der Waals surface area contributed by atoms with Crippen LogP contribution in [0.4, 0.5) is 4.79 Å². The first-order valence-corrected chi connectivity index (χ1v) is 18.3. The average molecular weight is 763 g/mol. The van der Waals surface area contributed by atoms with Crippen LogP contribution < -0.4 is 45.9 Å². The molecule has 0 radical (unpaired) electrons. The largest absolute Gasteiger partial charge is 0.504 e. The minimum Gasteiger partial charge on any atom is -0.504 e. The van der Waals surface area contributed by atoms with E-state index in [1.165, 1.54) is 14.0 Å². The monoisotopic (exact) mass is 762 g/mol. The normalized spacial score (nSPS) is 22.5. The molecule has 4 aliphatic heterocycles. The van der Waals surface area contributed by atoms with Gasteiger partial charge in [0.05, 0.1) is 25.3 Å². The van der Waals surface area contributed by atoms with E-state index in [0.29, 0.717) is 64.6 Å². The van der Waals surface area contributed by atoms with Crippen LogP contribution in [-0.2, 0) is 27.2 Å². The number of hydrogen-bond acceptors (Lipinski definition) is 13. The Labute approximate surface area is 319 Å². The second-order valence-corrected chi connectivity index (χ2v) is 15.3. The van der Waals surface area contributed by atoms with E-state index in [0.717, 1.165) is 11.1 Å². The van der Waals surface area contributed by atoms with Gasteiger partial charge in [-0.25, -0.2) is 4.79 Å². The zero-order chi connectivity index (χ0) is 39.9. The Hall–Kier alpha value is -5.47. The number of hydrogen-bond donors (Lipinski definition) is 7. The number of nitriles is 1. The number of rotatable bonds is 10. The van der Waals surface area contributed by atoms with Crippen molar-refractivity contribution in [2.45, 2.75) is 109 Å². The fourth-order valence-corrected chi connectivity index (χ4v) is 8.46. The van der Waals surface area contributed by atoms with E-state index in [1.807, 2.05) is 13.0 Å². The van der Waals surface area contributed by atoms with Crippen LogP contribution in [0.2, 0.25) is 0 Å². The molecule has 296 valence electrons. The second-order valence-electron chi connectivity index (χ2n) is 15.3. The summed E-state index contributed by atoms with van der Waals surface area (Å²) in [5.74, 6) is 0.246. The third-order valence-corrected chi connectivity index (χ3v) is 10.5. The Kier molecular flexibility index (Phi) is 10.9. The average Bonchev–Trinajstić information content (AvgIpc) is 3.59. The molecule has 2 aromatic carbocycles. The van der Waals surface area contributed by atoms with E-state index >= 15 is 0 Å². The molecule has 0 aliphatic carbocycles.